The Labute approximate surface area is 85.8 Å². The maximum atomic E-state index is 5.46. The van der Waals surface area contributed by atoms with Crippen molar-refractivity contribution in [2.24, 2.45) is 18.8 Å². The average molecular weight is 248 g/mol. The molecule has 5 nitrogen and oxygen atoms in total. The van der Waals surface area contributed by atoms with E-state index in [1.165, 1.54) is 0 Å². The summed E-state index contributed by atoms with van der Waals surface area (Å²) < 4.78 is 2.46. The summed E-state index contributed by atoms with van der Waals surface area (Å²) in [4.78, 5) is 0. The molecule has 0 saturated carbocycles. The van der Waals surface area contributed by atoms with E-state index < -0.39 is 0 Å². The molecule has 0 bridgehead atoms. The quantitative estimate of drug-likeness (QED) is 0.611. The molecule has 1 aromatic rings. The van der Waals surface area contributed by atoms with Crippen molar-refractivity contribution in [3.8, 4) is 0 Å². The molecule has 3 N–H and O–H groups in total. The molecule has 0 fully saturated rings. The molecule has 1 atom stereocenters. The van der Waals surface area contributed by atoms with Gasteiger partial charge in [-0.25, -0.2) is 4.68 Å². The van der Waals surface area contributed by atoms with Gasteiger partial charge >= 0.3 is 0 Å². The monoisotopic (exact) mass is 247 g/mol. The summed E-state index contributed by atoms with van der Waals surface area (Å²) in [6.45, 7) is 4.17. The zero-order valence-corrected chi connectivity index (χ0v) is 9.54. The van der Waals surface area contributed by atoms with E-state index in [-0.39, 0.29) is 6.04 Å². The van der Waals surface area contributed by atoms with Gasteiger partial charge in [0, 0.05) is 7.05 Å². The van der Waals surface area contributed by atoms with E-state index >= 15 is 0 Å². The highest BCUT2D eigenvalue weighted by Crippen LogP contribution is 2.25. The SMILES string of the molecule is CC(C)C(NN)c1c(Br)nnn1C. The number of nitrogens with zero attached hydrogens (tertiary/aromatic N) is 3. The molecule has 1 heterocycles. The van der Waals surface area contributed by atoms with Gasteiger partial charge in [-0.3, -0.25) is 11.3 Å². The van der Waals surface area contributed by atoms with Crippen LogP contribution in [0, 0.1) is 5.92 Å². The Morgan fingerprint density at radius 1 is 1.54 bits per heavy atom. The minimum Gasteiger partial charge on any atom is -0.271 e. The van der Waals surface area contributed by atoms with Gasteiger partial charge in [-0.05, 0) is 21.8 Å². The molecule has 0 spiro atoms. The van der Waals surface area contributed by atoms with Crippen molar-refractivity contribution in [1.29, 1.82) is 0 Å². The van der Waals surface area contributed by atoms with Crippen molar-refractivity contribution in [3.63, 3.8) is 0 Å². The van der Waals surface area contributed by atoms with Crippen LogP contribution in [0.5, 0.6) is 0 Å². The summed E-state index contributed by atoms with van der Waals surface area (Å²) >= 11 is 3.34. The van der Waals surface area contributed by atoms with Crippen LogP contribution in [0.2, 0.25) is 0 Å². The number of hydrogen-bond donors (Lipinski definition) is 2. The van der Waals surface area contributed by atoms with E-state index in [0.717, 1.165) is 10.3 Å². The number of aryl methyl sites for hydroxylation is 1. The Balaban J connectivity index is 3.03. The largest absolute Gasteiger partial charge is 0.271 e. The first-order valence-corrected chi connectivity index (χ1v) is 4.88. The second kappa shape index (κ2) is 4.17. The fourth-order valence-corrected chi connectivity index (χ4v) is 1.83. The third kappa shape index (κ3) is 2.07. The van der Waals surface area contributed by atoms with Crippen molar-refractivity contribution >= 4 is 15.9 Å². The highest BCUT2D eigenvalue weighted by Gasteiger charge is 2.21. The van der Waals surface area contributed by atoms with Crippen LogP contribution in [0.4, 0.5) is 0 Å². The standard InChI is InChI=1S/C7H14BrN5/c1-4(2)5(10-9)6-7(8)11-12-13(6)3/h4-5,10H,9H2,1-3H3. The Hall–Kier alpha value is -0.460. The first-order chi connectivity index (χ1) is 6.07. The van der Waals surface area contributed by atoms with Gasteiger partial charge in [-0.2, -0.15) is 0 Å². The minimum absolute atomic E-state index is 0.0642. The lowest BCUT2D eigenvalue weighted by Gasteiger charge is -2.19. The van der Waals surface area contributed by atoms with Gasteiger partial charge in [0.15, 0.2) is 4.60 Å². The number of hydrogen-bond acceptors (Lipinski definition) is 4. The molecule has 1 aromatic heterocycles. The number of aromatic nitrogens is 3. The molecule has 13 heavy (non-hydrogen) atoms. The first kappa shape index (κ1) is 10.6. The fraction of sp³-hybridized carbons (Fsp3) is 0.714. The summed E-state index contributed by atoms with van der Waals surface area (Å²) in [7, 11) is 1.85. The molecular formula is C7H14BrN5. The minimum atomic E-state index is 0.0642. The fourth-order valence-electron chi connectivity index (χ4n) is 1.26. The van der Waals surface area contributed by atoms with E-state index in [0.29, 0.717) is 5.92 Å². The number of hydrazine groups is 1. The van der Waals surface area contributed by atoms with E-state index in [4.69, 9.17) is 5.84 Å². The third-order valence-electron chi connectivity index (χ3n) is 1.97. The predicted molar refractivity (Wildman–Crippen MR) is 53.6 cm³/mol. The van der Waals surface area contributed by atoms with Crippen molar-refractivity contribution in [2.45, 2.75) is 19.9 Å². The van der Waals surface area contributed by atoms with Crippen LogP contribution < -0.4 is 11.3 Å². The van der Waals surface area contributed by atoms with Crippen LogP contribution in [0.25, 0.3) is 0 Å². The van der Waals surface area contributed by atoms with Crippen molar-refractivity contribution in [3.05, 3.63) is 10.3 Å². The molecule has 0 aliphatic heterocycles. The zero-order valence-electron chi connectivity index (χ0n) is 7.95. The molecule has 0 amide bonds. The van der Waals surface area contributed by atoms with E-state index in [1.807, 2.05) is 7.05 Å². The molecule has 0 aromatic carbocycles. The number of halogens is 1. The number of nitrogens with one attached hydrogen (secondary N) is 1. The molecule has 0 aliphatic rings. The molecule has 0 aliphatic carbocycles. The lowest BCUT2D eigenvalue weighted by molar-refractivity contribution is 0.396. The zero-order chi connectivity index (χ0) is 10.0. The first-order valence-electron chi connectivity index (χ1n) is 4.09. The predicted octanol–water partition coefficient (Wildman–Crippen LogP) is 0.738. The van der Waals surface area contributed by atoms with E-state index in [1.54, 1.807) is 4.68 Å². The van der Waals surface area contributed by atoms with E-state index in [2.05, 4.69) is 45.5 Å². The Morgan fingerprint density at radius 3 is 2.46 bits per heavy atom. The number of rotatable bonds is 3. The van der Waals surface area contributed by atoms with Crippen molar-refractivity contribution in [1.82, 2.24) is 20.4 Å². The Kier molecular flexibility index (Phi) is 3.40. The maximum absolute atomic E-state index is 5.46. The van der Waals surface area contributed by atoms with Crippen LogP contribution in [-0.2, 0) is 7.05 Å². The van der Waals surface area contributed by atoms with Crippen LogP contribution in [0.3, 0.4) is 0 Å². The van der Waals surface area contributed by atoms with Gasteiger partial charge in [0.1, 0.15) is 0 Å². The lowest BCUT2D eigenvalue weighted by Crippen LogP contribution is -2.33. The summed E-state index contributed by atoms with van der Waals surface area (Å²) in [6.07, 6.45) is 0. The van der Waals surface area contributed by atoms with Crippen LogP contribution in [0.1, 0.15) is 25.6 Å². The summed E-state index contributed by atoms with van der Waals surface area (Å²) in [5.41, 5.74) is 3.72. The van der Waals surface area contributed by atoms with Crippen LogP contribution >= 0.6 is 15.9 Å². The van der Waals surface area contributed by atoms with Gasteiger partial charge in [-0.1, -0.05) is 19.1 Å². The number of nitrogens with two attached hydrogens (primary N) is 1. The smallest absolute Gasteiger partial charge is 0.153 e. The highest BCUT2D eigenvalue weighted by molar-refractivity contribution is 9.10. The normalized spacial score (nSPS) is 13.7. The molecule has 1 unspecified atom stereocenters. The summed E-state index contributed by atoms with van der Waals surface area (Å²) in [5.74, 6) is 5.85. The second-order valence-corrected chi connectivity index (χ2v) is 4.03. The molecule has 0 radical (unpaired) electrons. The van der Waals surface area contributed by atoms with Gasteiger partial charge in [0.2, 0.25) is 0 Å². The Bertz CT molecular complexity index is 263. The molecule has 0 saturated heterocycles. The topological polar surface area (TPSA) is 68.8 Å². The Morgan fingerprint density at radius 2 is 2.15 bits per heavy atom. The average Bonchev–Trinajstić information content (AvgIpc) is 2.36. The van der Waals surface area contributed by atoms with E-state index in [9.17, 15) is 0 Å². The molecule has 74 valence electrons. The van der Waals surface area contributed by atoms with Gasteiger partial charge < -0.3 is 0 Å². The lowest BCUT2D eigenvalue weighted by atomic mass is 10.0. The molecule has 1 rings (SSSR count). The van der Waals surface area contributed by atoms with Crippen molar-refractivity contribution in [2.75, 3.05) is 0 Å². The highest BCUT2D eigenvalue weighted by atomic mass is 79.9. The summed E-state index contributed by atoms with van der Waals surface area (Å²) in [6, 6.07) is 0.0642. The van der Waals surface area contributed by atoms with Crippen LogP contribution in [-0.4, -0.2) is 15.0 Å². The van der Waals surface area contributed by atoms with Crippen molar-refractivity contribution < 1.29 is 0 Å². The third-order valence-corrected chi connectivity index (χ3v) is 2.53. The van der Waals surface area contributed by atoms with Crippen LogP contribution in [0.15, 0.2) is 4.60 Å². The second-order valence-electron chi connectivity index (χ2n) is 3.28. The van der Waals surface area contributed by atoms with Gasteiger partial charge in [0.05, 0.1) is 11.7 Å². The molecule has 6 heteroatoms. The summed E-state index contributed by atoms with van der Waals surface area (Å²) in [5, 5.41) is 7.79. The molecular weight excluding hydrogens is 234 g/mol. The van der Waals surface area contributed by atoms with Gasteiger partial charge in [0.25, 0.3) is 0 Å². The maximum Gasteiger partial charge on any atom is 0.153 e. The van der Waals surface area contributed by atoms with Gasteiger partial charge in [-0.15, -0.1) is 5.10 Å².